The summed E-state index contributed by atoms with van der Waals surface area (Å²) in [6, 6.07) is 7.93. The van der Waals surface area contributed by atoms with Gasteiger partial charge in [0.15, 0.2) is 0 Å². The van der Waals surface area contributed by atoms with Gasteiger partial charge in [0.1, 0.15) is 13.1 Å². The van der Waals surface area contributed by atoms with E-state index in [1.54, 1.807) is 12.1 Å². The maximum absolute atomic E-state index is 12.1. The van der Waals surface area contributed by atoms with Gasteiger partial charge in [0, 0.05) is 16.7 Å². The standard InChI is InChI=1S/C14H10ClN3O3/c15-12-9-11(2-1-10(12)3-4-13(19)20)14(21)18(7-5-16)8-6-17/h1-4,9H,7-8H2,(H,19,20)/b4-3+. The topological polar surface area (TPSA) is 105 Å². The molecule has 0 aliphatic heterocycles. The van der Waals surface area contributed by atoms with Crippen molar-refractivity contribution in [3.8, 4) is 12.1 Å². The van der Waals surface area contributed by atoms with E-state index in [0.717, 1.165) is 11.0 Å². The van der Waals surface area contributed by atoms with Gasteiger partial charge in [-0.15, -0.1) is 0 Å². The van der Waals surface area contributed by atoms with Gasteiger partial charge >= 0.3 is 5.97 Å². The third-order valence-electron chi connectivity index (χ3n) is 2.46. The Morgan fingerprint density at radius 3 is 2.38 bits per heavy atom. The predicted molar refractivity (Wildman–Crippen MR) is 75.3 cm³/mol. The number of benzene rings is 1. The summed E-state index contributed by atoms with van der Waals surface area (Å²) in [6.45, 7) is -0.407. The average Bonchev–Trinajstić information content (AvgIpc) is 2.44. The van der Waals surface area contributed by atoms with Crippen molar-refractivity contribution in [3.63, 3.8) is 0 Å². The number of hydrogen-bond acceptors (Lipinski definition) is 4. The lowest BCUT2D eigenvalue weighted by Gasteiger charge is -2.16. The van der Waals surface area contributed by atoms with Gasteiger partial charge in [-0.2, -0.15) is 10.5 Å². The van der Waals surface area contributed by atoms with Gasteiger partial charge in [-0.05, 0) is 23.8 Å². The lowest BCUT2D eigenvalue weighted by molar-refractivity contribution is -0.131. The van der Waals surface area contributed by atoms with E-state index < -0.39 is 11.9 Å². The highest BCUT2D eigenvalue weighted by Crippen LogP contribution is 2.20. The summed E-state index contributed by atoms with van der Waals surface area (Å²) in [7, 11) is 0. The quantitative estimate of drug-likeness (QED) is 0.661. The van der Waals surface area contributed by atoms with Crippen LogP contribution in [0.2, 0.25) is 5.02 Å². The van der Waals surface area contributed by atoms with E-state index in [2.05, 4.69) is 0 Å². The predicted octanol–water partition coefficient (Wildman–Crippen LogP) is 1.93. The summed E-state index contributed by atoms with van der Waals surface area (Å²) in [4.78, 5) is 23.6. The van der Waals surface area contributed by atoms with Gasteiger partial charge in [0.25, 0.3) is 5.91 Å². The summed E-state index contributed by atoms with van der Waals surface area (Å²) in [6.07, 6.45) is 2.24. The number of aliphatic carboxylic acids is 1. The van der Waals surface area contributed by atoms with Gasteiger partial charge < -0.3 is 10.0 Å². The molecule has 7 heteroatoms. The lowest BCUT2D eigenvalue weighted by Crippen LogP contribution is -2.31. The molecule has 0 heterocycles. The molecule has 6 nitrogen and oxygen atoms in total. The molecule has 0 atom stereocenters. The molecule has 1 amide bonds. The Kier molecular flexibility index (Phi) is 5.94. The van der Waals surface area contributed by atoms with Crippen LogP contribution in [0.15, 0.2) is 24.3 Å². The molecule has 21 heavy (non-hydrogen) atoms. The van der Waals surface area contributed by atoms with Crippen LogP contribution in [0.5, 0.6) is 0 Å². The Balaban J connectivity index is 3.03. The Labute approximate surface area is 126 Å². The van der Waals surface area contributed by atoms with Crippen molar-refractivity contribution in [1.29, 1.82) is 10.5 Å². The van der Waals surface area contributed by atoms with E-state index >= 15 is 0 Å². The number of hydrogen-bond donors (Lipinski definition) is 1. The number of carboxylic acids is 1. The van der Waals surface area contributed by atoms with E-state index in [9.17, 15) is 9.59 Å². The fourth-order valence-corrected chi connectivity index (χ4v) is 1.75. The van der Waals surface area contributed by atoms with Crippen LogP contribution in [0.4, 0.5) is 0 Å². The summed E-state index contributed by atoms with van der Waals surface area (Å²) < 4.78 is 0. The number of carbonyl (C=O) groups is 2. The van der Waals surface area contributed by atoms with Crippen molar-refractivity contribution < 1.29 is 14.7 Å². The fraction of sp³-hybridized carbons (Fsp3) is 0.143. The second kappa shape index (κ2) is 7.68. The lowest BCUT2D eigenvalue weighted by atomic mass is 10.1. The minimum absolute atomic E-state index is 0.201. The third-order valence-corrected chi connectivity index (χ3v) is 2.79. The van der Waals surface area contributed by atoms with E-state index in [-0.39, 0.29) is 23.7 Å². The first kappa shape index (κ1) is 16.2. The highest BCUT2D eigenvalue weighted by atomic mass is 35.5. The summed E-state index contributed by atoms with van der Waals surface area (Å²) in [5, 5.41) is 26.0. The Morgan fingerprint density at radius 1 is 1.29 bits per heavy atom. The minimum Gasteiger partial charge on any atom is -0.478 e. The smallest absolute Gasteiger partial charge is 0.328 e. The largest absolute Gasteiger partial charge is 0.478 e. The number of carboxylic acid groups (broad SMARTS) is 1. The minimum atomic E-state index is -1.11. The van der Waals surface area contributed by atoms with Crippen LogP contribution in [0, 0.1) is 22.7 Å². The molecule has 0 aromatic heterocycles. The SMILES string of the molecule is N#CCN(CC#N)C(=O)c1ccc(/C=C/C(=O)O)c(Cl)c1. The van der Waals surface area contributed by atoms with Crippen molar-refractivity contribution in [2.45, 2.75) is 0 Å². The molecule has 0 spiro atoms. The molecule has 106 valence electrons. The number of halogens is 1. The number of nitriles is 2. The molecule has 0 radical (unpaired) electrons. The zero-order chi connectivity index (χ0) is 15.8. The molecule has 1 aromatic rings. The van der Waals surface area contributed by atoms with Crippen molar-refractivity contribution in [2.75, 3.05) is 13.1 Å². The second-order valence-corrected chi connectivity index (χ2v) is 4.29. The van der Waals surface area contributed by atoms with Crippen LogP contribution < -0.4 is 0 Å². The summed E-state index contributed by atoms with van der Waals surface area (Å²) >= 11 is 5.97. The first-order valence-electron chi connectivity index (χ1n) is 5.73. The van der Waals surface area contributed by atoms with Crippen molar-refractivity contribution in [1.82, 2.24) is 4.90 Å². The fourth-order valence-electron chi connectivity index (χ4n) is 1.51. The Morgan fingerprint density at radius 2 is 1.90 bits per heavy atom. The van der Waals surface area contributed by atoms with Gasteiger partial charge in [0.2, 0.25) is 0 Å². The normalized spacial score (nSPS) is 9.86. The Bertz CT molecular complexity index is 655. The molecular formula is C14H10ClN3O3. The van der Waals surface area contributed by atoms with E-state index in [1.807, 2.05) is 0 Å². The number of amides is 1. The van der Waals surface area contributed by atoms with Crippen LogP contribution in [0.1, 0.15) is 15.9 Å². The van der Waals surface area contributed by atoms with Crippen molar-refractivity contribution >= 4 is 29.6 Å². The molecule has 0 aliphatic rings. The van der Waals surface area contributed by atoms with Crippen LogP contribution in [0.25, 0.3) is 6.08 Å². The van der Waals surface area contributed by atoms with Crippen molar-refractivity contribution in [2.24, 2.45) is 0 Å². The highest BCUT2D eigenvalue weighted by molar-refractivity contribution is 6.32. The summed E-state index contributed by atoms with van der Waals surface area (Å²) in [5.41, 5.74) is 0.667. The van der Waals surface area contributed by atoms with Crippen LogP contribution in [-0.4, -0.2) is 35.0 Å². The first-order valence-corrected chi connectivity index (χ1v) is 6.11. The molecule has 0 bridgehead atoms. The molecule has 0 aliphatic carbocycles. The van der Waals surface area contributed by atoms with E-state index in [4.69, 9.17) is 27.2 Å². The monoisotopic (exact) mass is 303 g/mol. The number of rotatable bonds is 5. The van der Waals surface area contributed by atoms with Gasteiger partial charge in [-0.25, -0.2) is 4.79 Å². The highest BCUT2D eigenvalue weighted by Gasteiger charge is 2.16. The van der Waals surface area contributed by atoms with Crippen molar-refractivity contribution in [3.05, 3.63) is 40.4 Å². The zero-order valence-corrected chi connectivity index (χ0v) is 11.5. The van der Waals surface area contributed by atoms with Gasteiger partial charge in [-0.3, -0.25) is 4.79 Å². The number of carbonyl (C=O) groups excluding carboxylic acids is 1. The molecule has 0 saturated carbocycles. The van der Waals surface area contributed by atoms with Crippen LogP contribution in [0.3, 0.4) is 0 Å². The van der Waals surface area contributed by atoms with E-state index in [0.29, 0.717) is 5.56 Å². The van der Waals surface area contributed by atoms with E-state index in [1.165, 1.54) is 24.3 Å². The molecule has 1 N–H and O–H groups in total. The second-order valence-electron chi connectivity index (χ2n) is 3.89. The average molecular weight is 304 g/mol. The molecule has 1 rings (SSSR count). The van der Waals surface area contributed by atoms with Gasteiger partial charge in [-0.1, -0.05) is 17.7 Å². The van der Waals surface area contributed by atoms with Crippen LogP contribution >= 0.6 is 11.6 Å². The molecular weight excluding hydrogens is 294 g/mol. The van der Waals surface area contributed by atoms with Gasteiger partial charge in [0.05, 0.1) is 12.1 Å². The number of nitrogens with zero attached hydrogens (tertiary/aromatic N) is 3. The Hall–Kier alpha value is -2.83. The molecule has 0 fully saturated rings. The molecule has 1 aromatic carbocycles. The molecule has 0 unspecified atom stereocenters. The zero-order valence-electron chi connectivity index (χ0n) is 10.8. The third kappa shape index (κ3) is 4.64. The maximum atomic E-state index is 12.1. The summed E-state index contributed by atoms with van der Waals surface area (Å²) in [5.74, 6) is -1.60. The van der Waals surface area contributed by atoms with Crippen LogP contribution in [-0.2, 0) is 4.79 Å². The molecule has 0 saturated heterocycles. The first-order chi connectivity index (χ1) is 9.99. The maximum Gasteiger partial charge on any atom is 0.328 e.